The Bertz CT molecular complexity index is 457. The quantitative estimate of drug-likeness (QED) is 0.775. The van der Waals surface area contributed by atoms with Gasteiger partial charge in [0, 0.05) is 24.9 Å². The number of hydrogen-bond acceptors (Lipinski definition) is 5. The summed E-state index contributed by atoms with van der Waals surface area (Å²) in [6.07, 6.45) is 1.39. The minimum absolute atomic E-state index is 0.390. The number of nitrogens with zero attached hydrogens (tertiary/aromatic N) is 3. The van der Waals surface area contributed by atoms with Crippen molar-refractivity contribution in [2.75, 3.05) is 5.32 Å². The maximum Gasteiger partial charge on any atom is 0.223 e. The normalized spacial score (nSPS) is 10.3. The minimum atomic E-state index is -0.524. The molecule has 0 atom stereocenters. The Morgan fingerprint density at radius 2 is 2.40 bits per heavy atom. The van der Waals surface area contributed by atoms with Crippen LogP contribution in [0.25, 0.3) is 0 Å². The molecule has 0 radical (unpaired) electrons. The van der Waals surface area contributed by atoms with E-state index in [2.05, 4.69) is 20.4 Å². The van der Waals surface area contributed by atoms with E-state index in [1.165, 1.54) is 12.3 Å². The van der Waals surface area contributed by atoms with Crippen LogP contribution in [0, 0.1) is 12.9 Å². The molecule has 15 heavy (non-hydrogen) atoms. The first kappa shape index (κ1) is 9.57. The molecular formula is C9H9FN4O. The molecule has 6 heteroatoms. The predicted molar refractivity (Wildman–Crippen MR) is 50.6 cm³/mol. The third-order valence-electron chi connectivity index (χ3n) is 1.75. The van der Waals surface area contributed by atoms with Crippen molar-refractivity contribution >= 4 is 5.69 Å². The van der Waals surface area contributed by atoms with Gasteiger partial charge < -0.3 is 9.84 Å². The van der Waals surface area contributed by atoms with Crippen molar-refractivity contribution in [3.63, 3.8) is 0 Å². The molecule has 2 rings (SSSR count). The Hall–Kier alpha value is -1.98. The van der Waals surface area contributed by atoms with Gasteiger partial charge >= 0.3 is 0 Å². The number of rotatable bonds is 3. The molecule has 78 valence electrons. The minimum Gasteiger partial charge on any atom is -0.377 e. The molecule has 0 unspecified atom stereocenters. The molecular weight excluding hydrogens is 199 g/mol. The van der Waals surface area contributed by atoms with E-state index >= 15 is 0 Å². The second-order valence-corrected chi connectivity index (χ2v) is 2.95. The largest absolute Gasteiger partial charge is 0.377 e. The second-order valence-electron chi connectivity index (χ2n) is 2.95. The maximum absolute atomic E-state index is 12.7. The van der Waals surface area contributed by atoms with E-state index in [9.17, 15) is 4.39 Å². The monoisotopic (exact) mass is 208 g/mol. The van der Waals surface area contributed by atoms with Crippen molar-refractivity contribution in [1.29, 1.82) is 0 Å². The number of nitrogens with one attached hydrogen (secondary N) is 1. The van der Waals surface area contributed by atoms with E-state index in [0.717, 1.165) is 0 Å². The summed E-state index contributed by atoms with van der Waals surface area (Å²) in [5.74, 6) is 0.515. The summed E-state index contributed by atoms with van der Waals surface area (Å²) in [6, 6.07) is 2.96. The van der Waals surface area contributed by atoms with Crippen LogP contribution in [0.3, 0.4) is 0 Å². The summed E-state index contributed by atoms with van der Waals surface area (Å²) in [5, 5.41) is 6.65. The van der Waals surface area contributed by atoms with Gasteiger partial charge in [0.15, 0.2) is 5.82 Å². The fourth-order valence-electron chi connectivity index (χ4n) is 1.11. The zero-order chi connectivity index (χ0) is 10.7. The molecule has 0 aliphatic rings. The second kappa shape index (κ2) is 4.04. The highest BCUT2D eigenvalue weighted by atomic mass is 19.1. The van der Waals surface area contributed by atoms with Crippen molar-refractivity contribution in [3.8, 4) is 0 Å². The van der Waals surface area contributed by atoms with Crippen LogP contribution in [0.2, 0.25) is 0 Å². The van der Waals surface area contributed by atoms with Crippen LogP contribution >= 0.6 is 0 Å². The standard InChI is InChI=1S/C9H9FN4O/c1-6-13-9(14-15-6)5-12-7-2-3-11-8(10)4-7/h2-4H,5H2,1H3,(H,11,12). The van der Waals surface area contributed by atoms with Gasteiger partial charge in [-0.25, -0.2) is 4.98 Å². The summed E-state index contributed by atoms with van der Waals surface area (Å²) < 4.78 is 17.5. The lowest BCUT2D eigenvalue weighted by molar-refractivity contribution is 0.388. The summed E-state index contributed by atoms with van der Waals surface area (Å²) in [4.78, 5) is 7.44. The number of halogens is 1. The van der Waals surface area contributed by atoms with E-state index in [-0.39, 0.29) is 0 Å². The smallest absolute Gasteiger partial charge is 0.223 e. The molecule has 0 amide bonds. The lowest BCUT2D eigenvalue weighted by atomic mass is 10.4. The number of hydrogen-bond donors (Lipinski definition) is 1. The Balaban J connectivity index is 1.99. The fraction of sp³-hybridized carbons (Fsp3) is 0.222. The number of pyridine rings is 1. The van der Waals surface area contributed by atoms with Crippen LogP contribution in [0.1, 0.15) is 11.7 Å². The zero-order valence-corrected chi connectivity index (χ0v) is 8.07. The van der Waals surface area contributed by atoms with E-state index in [1.54, 1.807) is 13.0 Å². The van der Waals surface area contributed by atoms with Crippen LogP contribution in [0.5, 0.6) is 0 Å². The Kier molecular flexibility index (Phi) is 2.57. The first-order valence-electron chi connectivity index (χ1n) is 4.38. The van der Waals surface area contributed by atoms with E-state index in [0.29, 0.717) is 23.9 Å². The third kappa shape index (κ3) is 2.49. The molecule has 0 aromatic carbocycles. The summed E-state index contributed by atoms with van der Waals surface area (Å²) >= 11 is 0. The van der Waals surface area contributed by atoms with Crippen LogP contribution in [-0.4, -0.2) is 15.1 Å². The van der Waals surface area contributed by atoms with Gasteiger partial charge in [-0.05, 0) is 6.07 Å². The van der Waals surface area contributed by atoms with E-state index < -0.39 is 5.95 Å². The van der Waals surface area contributed by atoms with Gasteiger partial charge in [0.25, 0.3) is 0 Å². The Labute approximate surface area is 85.3 Å². The third-order valence-corrected chi connectivity index (χ3v) is 1.75. The van der Waals surface area contributed by atoms with Gasteiger partial charge in [0.2, 0.25) is 11.8 Å². The average Bonchev–Trinajstić information content (AvgIpc) is 2.62. The Morgan fingerprint density at radius 1 is 1.53 bits per heavy atom. The fourth-order valence-corrected chi connectivity index (χ4v) is 1.11. The lowest BCUT2D eigenvalue weighted by Gasteiger charge is -2.01. The summed E-state index contributed by atoms with van der Waals surface area (Å²) in [6.45, 7) is 2.10. The highest BCUT2D eigenvalue weighted by Gasteiger charge is 2.01. The number of aryl methyl sites for hydroxylation is 1. The van der Waals surface area contributed by atoms with E-state index in [4.69, 9.17) is 4.52 Å². The van der Waals surface area contributed by atoms with Crippen LogP contribution in [0.4, 0.5) is 10.1 Å². The SMILES string of the molecule is Cc1nc(CNc2ccnc(F)c2)no1. The zero-order valence-electron chi connectivity index (χ0n) is 8.07. The highest BCUT2D eigenvalue weighted by Crippen LogP contribution is 2.07. The molecule has 0 aliphatic carbocycles. The molecule has 0 saturated heterocycles. The van der Waals surface area contributed by atoms with Gasteiger partial charge in [0.1, 0.15) is 0 Å². The molecule has 0 saturated carbocycles. The first-order chi connectivity index (χ1) is 7.24. The summed E-state index contributed by atoms with van der Waals surface area (Å²) in [5.41, 5.74) is 0.630. The predicted octanol–water partition coefficient (Wildman–Crippen LogP) is 1.52. The van der Waals surface area contributed by atoms with Gasteiger partial charge in [-0.2, -0.15) is 9.37 Å². The van der Waals surface area contributed by atoms with Gasteiger partial charge in [-0.1, -0.05) is 5.16 Å². The maximum atomic E-state index is 12.7. The number of aromatic nitrogens is 3. The van der Waals surface area contributed by atoms with Crippen LogP contribution in [-0.2, 0) is 6.54 Å². The molecule has 0 fully saturated rings. The highest BCUT2D eigenvalue weighted by molar-refractivity contribution is 5.41. The number of anilines is 1. The van der Waals surface area contributed by atoms with E-state index in [1.807, 2.05) is 0 Å². The molecule has 2 aromatic rings. The van der Waals surface area contributed by atoms with Crippen molar-refractivity contribution in [2.24, 2.45) is 0 Å². The summed E-state index contributed by atoms with van der Waals surface area (Å²) in [7, 11) is 0. The van der Waals surface area contributed by atoms with Gasteiger partial charge in [-0.15, -0.1) is 0 Å². The lowest BCUT2D eigenvalue weighted by Crippen LogP contribution is -2.01. The molecule has 2 aromatic heterocycles. The topological polar surface area (TPSA) is 63.8 Å². The molecule has 5 nitrogen and oxygen atoms in total. The first-order valence-corrected chi connectivity index (χ1v) is 4.38. The molecule has 0 spiro atoms. The van der Waals surface area contributed by atoms with Crippen molar-refractivity contribution in [3.05, 3.63) is 36.0 Å². The van der Waals surface area contributed by atoms with Gasteiger partial charge in [0.05, 0.1) is 6.54 Å². The van der Waals surface area contributed by atoms with Crippen molar-refractivity contribution in [2.45, 2.75) is 13.5 Å². The van der Waals surface area contributed by atoms with Gasteiger partial charge in [-0.3, -0.25) is 0 Å². The Morgan fingerprint density at radius 3 is 3.07 bits per heavy atom. The molecule has 0 bridgehead atoms. The van der Waals surface area contributed by atoms with Crippen molar-refractivity contribution < 1.29 is 8.91 Å². The van der Waals surface area contributed by atoms with Crippen LogP contribution in [0.15, 0.2) is 22.9 Å². The molecule has 0 aliphatic heterocycles. The average molecular weight is 208 g/mol. The molecule has 1 N–H and O–H groups in total. The van der Waals surface area contributed by atoms with Crippen LogP contribution < -0.4 is 5.32 Å². The molecule has 2 heterocycles. The van der Waals surface area contributed by atoms with Crippen molar-refractivity contribution in [1.82, 2.24) is 15.1 Å².